The van der Waals surface area contributed by atoms with Gasteiger partial charge < -0.3 is 9.32 Å². The first-order valence-corrected chi connectivity index (χ1v) is 19.8. The maximum absolute atomic E-state index is 6.47. The number of fused-ring (bicyclic) bond motifs is 5. The molecule has 0 saturated heterocycles. The van der Waals surface area contributed by atoms with Crippen molar-refractivity contribution in [2.45, 2.75) is 0 Å². The maximum atomic E-state index is 6.47. The third-order valence-electron chi connectivity index (χ3n) is 11.5. The smallest absolute Gasteiger partial charge is 0.136 e. The molecule has 272 valence electrons. The lowest BCUT2D eigenvalue weighted by Gasteiger charge is -2.28. The van der Waals surface area contributed by atoms with Crippen LogP contribution in [0.5, 0.6) is 0 Å². The second-order valence-electron chi connectivity index (χ2n) is 14.9. The quantitative estimate of drug-likeness (QED) is 0.151. The Kier molecular flexibility index (Phi) is 8.19. The van der Waals surface area contributed by atoms with Crippen LogP contribution in [0.4, 0.5) is 17.1 Å². The summed E-state index contributed by atoms with van der Waals surface area (Å²) < 4.78 is 6.47. The molecule has 0 N–H and O–H groups in total. The van der Waals surface area contributed by atoms with E-state index in [1.54, 1.807) is 0 Å². The van der Waals surface area contributed by atoms with Crippen molar-refractivity contribution in [3.05, 3.63) is 224 Å². The van der Waals surface area contributed by atoms with Crippen LogP contribution < -0.4 is 4.90 Å². The standard InChI is InChI=1S/C56H37NO/c1-2-13-39(14-3-1)50-34-29-42(35-53(50)56-37-44-17-6-11-24-55(44)58-56)38-25-30-45(31-26-38)57(54-36-43-16-5-8-20-49(43)51-21-9-10-22-52(51)54)46-32-27-41(28-33-46)48-23-12-18-40-15-4-7-19-47(40)48/h1-37H. The molecular weight excluding hydrogens is 703 g/mol. The lowest BCUT2D eigenvalue weighted by molar-refractivity contribution is 0.632. The number of rotatable bonds is 7. The van der Waals surface area contributed by atoms with Gasteiger partial charge in [-0.2, -0.15) is 0 Å². The lowest BCUT2D eigenvalue weighted by Crippen LogP contribution is -2.10. The Balaban J connectivity index is 1.04. The normalized spacial score (nSPS) is 11.4. The first-order chi connectivity index (χ1) is 28.7. The van der Waals surface area contributed by atoms with Gasteiger partial charge in [-0.25, -0.2) is 0 Å². The number of furan rings is 1. The number of benzene rings is 10. The van der Waals surface area contributed by atoms with Gasteiger partial charge in [-0.1, -0.05) is 176 Å². The minimum atomic E-state index is 0.861. The first-order valence-electron chi connectivity index (χ1n) is 19.8. The van der Waals surface area contributed by atoms with Crippen LogP contribution in [0.3, 0.4) is 0 Å². The van der Waals surface area contributed by atoms with Crippen LogP contribution in [0.1, 0.15) is 0 Å². The molecule has 0 aliphatic heterocycles. The summed E-state index contributed by atoms with van der Waals surface area (Å²) in [7, 11) is 0. The van der Waals surface area contributed by atoms with E-state index >= 15 is 0 Å². The largest absolute Gasteiger partial charge is 0.456 e. The first kappa shape index (κ1) is 33.6. The highest BCUT2D eigenvalue weighted by molar-refractivity contribution is 6.14. The zero-order valence-corrected chi connectivity index (χ0v) is 31.7. The van der Waals surface area contributed by atoms with Gasteiger partial charge in [0.2, 0.25) is 0 Å². The van der Waals surface area contributed by atoms with Gasteiger partial charge in [-0.15, -0.1) is 0 Å². The Morgan fingerprint density at radius 2 is 0.862 bits per heavy atom. The minimum Gasteiger partial charge on any atom is -0.456 e. The van der Waals surface area contributed by atoms with E-state index < -0.39 is 0 Å². The molecule has 0 saturated carbocycles. The van der Waals surface area contributed by atoms with Crippen molar-refractivity contribution in [1.29, 1.82) is 0 Å². The van der Waals surface area contributed by atoms with Gasteiger partial charge in [-0.05, 0) is 109 Å². The van der Waals surface area contributed by atoms with E-state index in [9.17, 15) is 0 Å². The molecule has 0 spiro atoms. The van der Waals surface area contributed by atoms with Crippen LogP contribution in [0.2, 0.25) is 0 Å². The lowest BCUT2D eigenvalue weighted by atomic mass is 9.93. The fourth-order valence-corrected chi connectivity index (χ4v) is 8.63. The van der Waals surface area contributed by atoms with Gasteiger partial charge in [-0.3, -0.25) is 0 Å². The molecule has 11 rings (SSSR count). The number of hydrogen-bond donors (Lipinski definition) is 0. The third-order valence-corrected chi connectivity index (χ3v) is 11.5. The molecule has 1 heterocycles. The van der Waals surface area contributed by atoms with Crippen LogP contribution in [0.15, 0.2) is 229 Å². The van der Waals surface area contributed by atoms with E-state index in [0.717, 1.165) is 61.6 Å². The molecule has 10 aromatic carbocycles. The molecule has 0 aliphatic rings. The summed E-state index contributed by atoms with van der Waals surface area (Å²) in [6.07, 6.45) is 0. The Morgan fingerprint density at radius 3 is 1.62 bits per heavy atom. The average molecular weight is 740 g/mol. The van der Waals surface area contributed by atoms with Crippen LogP contribution in [0.25, 0.3) is 88.0 Å². The SMILES string of the molecule is c1ccc(-c2ccc(-c3ccc(N(c4ccc(-c5cccc6ccccc56)cc4)c4cc5ccccc5c5ccccc45)cc3)cc2-c2cc3ccccc3o2)cc1. The molecule has 0 bridgehead atoms. The highest BCUT2D eigenvalue weighted by atomic mass is 16.3. The van der Waals surface area contributed by atoms with Crippen molar-refractivity contribution in [3.8, 4) is 44.7 Å². The Morgan fingerprint density at radius 1 is 0.293 bits per heavy atom. The van der Waals surface area contributed by atoms with Crippen molar-refractivity contribution in [1.82, 2.24) is 0 Å². The molecule has 0 fully saturated rings. The van der Waals surface area contributed by atoms with Gasteiger partial charge in [0.05, 0.1) is 5.69 Å². The maximum Gasteiger partial charge on any atom is 0.136 e. The molecule has 2 heteroatoms. The van der Waals surface area contributed by atoms with Crippen LogP contribution in [-0.4, -0.2) is 0 Å². The summed E-state index contributed by atoms with van der Waals surface area (Å²) >= 11 is 0. The molecule has 1 aromatic heterocycles. The van der Waals surface area contributed by atoms with Crippen molar-refractivity contribution < 1.29 is 4.42 Å². The molecule has 0 radical (unpaired) electrons. The van der Waals surface area contributed by atoms with Crippen molar-refractivity contribution >= 4 is 60.3 Å². The van der Waals surface area contributed by atoms with E-state index in [-0.39, 0.29) is 0 Å². The van der Waals surface area contributed by atoms with Gasteiger partial charge >= 0.3 is 0 Å². The number of nitrogens with zero attached hydrogens (tertiary/aromatic N) is 1. The van der Waals surface area contributed by atoms with Crippen molar-refractivity contribution in [2.24, 2.45) is 0 Å². The predicted molar refractivity (Wildman–Crippen MR) is 245 cm³/mol. The van der Waals surface area contributed by atoms with Gasteiger partial charge in [0.1, 0.15) is 11.3 Å². The van der Waals surface area contributed by atoms with E-state index in [1.165, 1.54) is 43.4 Å². The monoisotopic (exact) mass is 739 g/mol. The van der Waals surface area contributed by atoms with Gasteiger partial charge in [0, 0.05) is 27.7 Å². The zero-order valence-electron chi connectivity index (χ0n) is 31.7. The summed E-state index contributed by atoms with van der Waals surface area (Å²) in [6.45, 7) is 0. The predicted octanol–water partition coefficient (Wildman–Crippen LogP) is 16.0. The molecule has 11 aromatic rings. The molecule has 58 heavy (non-hydrogen) atoms. The highest BCUT2D eigenvalue weighted by Crippen LogP contribution is 2.44. The second-order valence-corrected chi connectivity index (χ2v) is 14.9. The Labute approximate surface area is 337 Å². The fraction of sp³-hybridized carbons (Fsp3) is 0. The highest BCUT2D eigenvalue weighted by Gasteiger charge is 2.19. The Hall–Kier alpha value is -7.68. The van der Waals surface area contributed by atoms with E-state index in [4.69, 9.17) is 4.42 Å². The van der Waals surface area contributed by atoms with Crippen LogP contribution in [-0.2, 0) is 0 Å². The summed E-state index contributed by atoms with van der Waals surface area (Å²) in [5.41, 5.74) is 12.3. The van der Waals surface area contributed by atoms with Crippen molar-refractivity contribution in [3.63, 3.8) is 0 Å². The zero-order chi connectivity index (χ0) is 38.4. The molecule has 0 unspecified atom stereocenters. The summed E-state index contributed by atoms with van der Waals surface area (Å²) in [6, 6.07) is 80.7. The number of hydrogen-bond acceptors (Lipinski definition) is 2. The van der Waals surface area contributed by atoms with Gasteiger partial charge in [0.15, 0.2) is 0 Å². The van der Waals surface area contributed by atoms with Gasteiger partial charge in [0.25, 0.3) is 0 Å². The topological polar surface area (TPSA) is 16.4 Å². The summed E-state index contributed by atoms with van der Waals surface area (Å²) in [5.74, 6) is 0.861. The van der Waals surface area contributed by atoms with E-state index in [0.29, 0.717) is 0 Å². The molecule has 0 aliphatic carbocycles. The number of anilines is 3. The minimum absolute atomic E-state index is 0.861. The molecule has 0 amide bonds. The van der Waals surface area contributed by atoms with Crippen molar-refractivity contribution in [2.75, 3.05) is 4.90 Å². The third kappa shape index (κ3) is 5.91. The van der Waals surface area contributed by atoms with Crippen LogP contribution in [0, 0.1) is 0 Å². The second kappa shape index (κ2) is 14.1. The van der Waals surface area contributed by atoms with Crippen LogP contribution >= 0.6 is 0 Å². The van der Waals surface area contributed by atoms with E-state index in [1.807, 2.05) is 12.1 Å². The summed E-state index contributed by atoms with van der Waals surface area (Å²) in [5, 5.41) is 8.50. The molecule has 2 nitrogen and oxygen atoms in total. The average Bonchev–Trinajstić information content (AvgIpc) is 3.74. The molecule has 0 atom stereocenters. The number of para-hydroxylation sites is 1. The summed E-state index contributed by atoms with van der Waals surface area (Å²) in [4.78, 5) is 2.41. The Bertz CT molecular complexity index is 3230. The van der Waals surface area contributed by atoms with E-state index in [2.05, 4.69) is 217 Å². The fourth-order valence-electron chi connectivity index (χ4n) is 8.63. The molecular formula is C56H37NO.